The minimum absolute atomic E-state index is 0.00376. The van der Waals surface area contributed by atoms with Gasteiger partial charge >= 0.3 is 5.97 Å². The summed E-state index contributed by atoms with van der Waals surface area (Å²) in [7, 11) is 0. The number of hydroxylamine groups is 1. The van der Waals surface area contributed by atoms with Gasteiger partial charge in [0.25, 0.3) is 5.91 Å². The maximum absolute atomic E-state index is 11.9. The van der Waals surface area contributed by atoms with Crippen LogP contribution in [0, 0.1) is 5.21 Å². The van der Waals surface area contributed by atoms with Crippen molar-refractivity contribution in [2.45, 2.75) is 32.4 Å². The van der Waals surface area contributed by atoms with Crippen LogP contribution in [0.5, 0.6) is 0 Å². The molecule has 1 rings (SSSR count). The summed E-state index contributed by atoms with van der Waals surface area (Å²) in [6, 6.07) is 0.509. The van der Waals surface area contributed by atoms with Crippen molar-refractivity contribution in [3.8, 4) is 0 Å². The van der Waals surface area contributed by atoms with E-state index in [1.807, 2.05) is 0 Å². The molecule has 1 aromatic rings. The van der Waals surface area contributed by atoms with E-state index >= 15 is 0 Å². The maximum atomic E-state index is 11.9. The molecule has 0 aliphatic rings. The van der Waals surface area contributed by atoms with E-state index in [2.05, 4.69) is 17.9 Å². The van der Waals surface area contributed by atoms with E-state index in [0.29, 0.717) is 10.4 Å². The first-order valence-electron chi connectivity index (χ1n) is 6.19. The summed E-state index contributed by atoms with van der Waals surface area (Å²) in [6.45, 7) is 5.34. The molecular weight excluding hydrogens is 312 g/mol. The van der Waals surface area contributed by atoms with Crippen molar-refractivity contribution in [3.05, 3.63) is 27.1 Å². The molecule has 1 aromatic heterocycles. The minimum Gasteiger partial charge on any atom is -0.623 e. The molecule has 2 N–H and O–H groups in total. The molecule has 0 aliphatic carbocycles. The highest BCUT2D eigenvalue weighted by Crippen LogP contribution is 2.15. The number of hydrogen-bond acceptors (Lipinski definition) is 5. The zero-order chi connectivity index (χ0) is 16.2. The highest BCUT2D eigenvalue weighted by molar-refractivity contribution is 7.80. The van der Waals surface area contributed by atoms with Crippen LogP contribution in [0.4, 0.5) is 0 Å². The van der Waals surface area contributed by atoms with Crippen LogP contribution >= 0.6 is 24.0 Å². The van der Waals surface area contributed by atoms with Gasteiger partial charge in [0.1, 0.15) is 6.04 Å². The first-order valence-corrected chi connectivity index (χ1v) is 7.70. The van der Waals surface area contributed by atoms with Gasteiger partial charge in [-0.15, -0.1) is 11.3 Å². The Balaban J connectivity index is 2.84. The molecule has 0 saturated heterocycles. The second kappa shape index (κ2) is 6.95. The monoisotopic (exact) mass is 330 g/mol. The normalized spacial score (nSPS) is 13.8. The third-order valence-corrected chi connectivity index (χ3v) is 3.87. The Labute approximate surface area is 132 Å². The van der Waals surface area contributed by atoms with Gasteiger partial charge in [-0.1, -0.05) is 0 Å². The number of carbonyl (C=O) groups is 2. The van der Waals surface area contributed by atoms with Crippen molar-refractivity contribution < 1.29 is 19.4 Å². The van der Waals surface area contributed by atoms with Gasteiger partial charge in [0.15, 0.2) is 11.8 Å². The number of rotatable bonds is 5. The molecule has 0 saturated carbocycles. The summed E-state index contributed by atoms with van der Waals surface area (Å²) in [5.74, 6) is -1.63. The molecule has 0 aliphatic heterocycles. The van der Waals surface area contributed by atoms with E-state index in [4.69, 9.17) is 5.11 Å². The summed E-state index contributed by atoms with van der Waals surface area (Å²) in [4.78, 5) is 23.1. The van der Waals surface area contributed by atoms with Crippen molar-refractivity contribution in [3.63, 3.8) is 0 Å². The van der Waals surface area contributed by atoms with Gasteiger partial charge < -0.3 is 15.6 Å². The van der Waals surface area contributed by atoms with Crippen LogP contribution in [0.25, 0.3) is 0 Å². The fourth-order valence-corrected chi connectivity index (χ4v) is 2.29. The van der Waals surface area contributed by atoms with Crippen LogP contribution in [-0.4, -0.2) is 45.3 Å². The Morgan fingerprint density at radius 1 is 1.57 bits per heavy atom. The molecule has 1 atom stereocenters. The van der Waals surface area contributed by atoms with Gasteiger partial charge in [-0.05, 0) is 6.07 Å². The van der Waals surface area contributed by atoms with Gasteiger partial charge in [-0.25, -0.2) is 9.53 Å². The van der Waals surface area contributed by atoms with E-state index in [0.717, 1.165) is 16.1 Å². The number of thiophene rings is 1. The third kappa shape index (κ3) is 5.05. The van der Waals surface area contributed by atoms with Crippen molar-refractivity contribution in [1.82, 2.24) is 5.32 Å². The van der Waals surface area contributed by atoms with Crippen molar-refractivity contribution in [1.29, 1.82) is 0 Å². The topological polar surface area (TPSA) is 92.5 Å². The lowest BCUT2D eigenvalue weighted by atomic mass is 10.1. The number of nitrogens with zero attached hydrogens (tertiary/aromatic N) is 1. The van der Waals surface area contributed by atoms with Crippen molar-refractivity contribution in [2.75, 3.05) is 5.75 Å². The Morgan fingerprint density at radius 3 is 2.67 bits per heavy atom. The number of thiol groups is 1. The first-order chi connectivity index (χ1) is 9.65. The lowest BCUT2D eigenvalue weighted by Crippen LogP contribution is -2.41. The molecule has 8 heteroatoms. The molecule has 1 amide bonds. The zero-order valence-corrected chi connectivity index (χ0v) is 13.7. The largest absolute Gasteiger partial charge is 0.623 e. The molecule has 0 aromatic carbocycles. The maximum Gasteiger partial charge on any atom is 0.327 e. The minimum atomic E-state index is -1.14. The summed E-state index contributed by atoms with van der Waals surface area (Å²) < 4.78 is 0.810. The molecule has 21 heavy (non-hydrogen) atoms. The van der Waals surface area contributed by atoms with Crippen LogP contribution in [-0.2, 0) is 4.79 Å². The van der Waals surface area contributed by atoms with Crippen LogP contribution < -0.4 is 5.32 Å². The summed E-state index contributed by atoms with van der Waals surface area (Å²) in [6.07, 6.45) is 1.40. The van der Waals surface area contributed by atoms with E-state index in [-0.39, 0.29) is 5.75 Å². The number of aliphatic carboxylic acids is 1. The molecule has 0 spiro atoms. The molecule has 6 nitrogen and oxygen atoms in total. The standard InChI is InChI=1S/C13H18N2O4S2/c1-13(2,3)15(19)5-8-4-10(21-7-8)11(16)14-9(6-20)12(17)18/h4-5,7,9,20H,6H2,1-3H3,(H,14,16)(H,17,18)/b15-5-. The van der Waals surface area contributed by atoms with Gasteiger partial charge in [0.2, 0.25) is 0 Å². The van der Waals surface area contributed by atoms with Crippen molar-refractivity contribution >= 4 is 42.1 Å². The van der Waals surface area contributed by atoms with Gasteiger partial charge in [-0.2, -0.15) is 12.6 Å². The second-order valence-corrected chi connectivity index (χ2v) is 6.69. The Hall–Kier alpha value is -1.54. The SMILES string of the molecule is CC(C)(C)/[N+]([O-])=C/c1csc(C(=O)NC(CS)C(=O)O)c1. The van der Waals surface area contributed by atoms with Crippen LogP contribution in [0.2, 0.25) is 0 Å². The molecule has 0 bridgehead atoms. The Kier molecular flexibility index (Phi) is 5.79. The third-order valence-electron chi connectivity index (χ3n) is 2.56. The predicted molar refractivity (Wildman–Crippen MR) is 85.6 cm³/mol. The summed E-state index contributed by atoms with van der Waals surface area (Å²) in [5, 5.41) is 24.7. The summed E-state index contributed by atoms with van der Waals surface area (Å²) >= 11 is 5.03. The van der Waals surface area contributed by atoms with E-state index in [1.54, 1.807) is 32.2 Å². The van der Waals surface area contributed by atoms with Crippen LogP contribution in [0.1, 0.15) is 36.0 Å². The molecule has 1 unspecified atom stereocenters. The molecule has 0 radical (unpaired) electrons. The number of hydrogen-bond donors (Lipinski definition) is 3. The molecule has 0 fully saturated rings. The lowest BCUT2D eigenvalue weighted by Gasteiger charge is -2.18. The van der Waals surface area contributed by atoms with Gasteiger partial charge in [-0.3, -0.25) is 4.79 Å². The van der Waals surface area contributed by atoms with E-state index < -0.39 is 23.5 Å². The predicted octanol–water partition coefficient (Wildman–Crippen LogP) is 1.59. The average molecular weight is 330 g/mol. The highest BCUT2D eigenvalue weighted by atomic mass is 32.1. The quantitative estimate of drug-likeness (QED) is 0.251. The highest BCUT2D eigenvalue weighted by Gasteiger charge is 2.21. The van der Waals surface area contributed by atoms with Crippen molar-refractivity contribution in [2.24, 2.45) is 0 Å². The smallest absolute Gasteiger partial charge is 0.327 e. The van der Waals surface area contributed by atoms with E-state index in [1.165, 1.54) is 6.21 Å². The fraction of sp³-hybridized carbons (Fsp3) is 0.462. The molecular formula is C13H18N2O4S2. The summed E-state index contributed by atoms with van der Waals surface area (Å²) in [5.41, 5.74) is 0.0398. The number of nitrogens with one attached hydrogen (secondary N) is 1. The second-order valence-electron chi connectivity index (χ2n) is 5.42. The first kappa shape index (κ1) is 17.5. The number of carboxylic acids is 1. The Morgan fingerprint density at radius 2 is 2.19 bits per heavy atom. The number of amides is 1. The zero-order valence-electron chi connectivity index (χ0n) is 12.0. The number of carboxylic acid groups (broad SMARTS) is 1. The van der Waals surface area contributed by atoms with Gasteiger partial charge in [0, 0.05) is 31.9 Å². The van der Waals surface area contributed by atoms with Crippen LogP contribution in [0.15, 0.2) is 11.4 Å². The Bertz CT molecular complexity index is 561. The van der Waals surface area contributed by atoms with Crippen LogP contribution in [0.3, 0.4) is 0 Å². The van der Waals surface area contributed by atoms with Gasteiger partial charge in [0.05, 0.1) is 10.4 Å². The molecule has 116 valence electrons. The molecule has 1 heterocycles. The van der Waals surface area contributed by atoms with E-state index in [9.17, 15) is 14.8 Å². The number of carbonyl (C=O) groups excluding carboxylic acids is 1. The average Bonchev–Trinajstić information content (AvgIpc) is 2.82. The fourth-order valence-electron chi connectivity index (χ4n) is 1.28. The lowest BCUT2D eigenvalue weighted by molar-refractivity contribution is -0.530.